The maximum atomic E-state index is 10.5. The molecule has 20 heavy (non-hydrogen) atoms. The number of hydrogen-bond acceptors (Lipinski definition) is 5. The average molecular weight is 282 g/mol. The van der Waals surface area contributed by atoms with Gasteiger partial charge in [0.25, 0.3) is 0 Å². The van der Waals surface area contributed by atoms with Gasteiger partial charge in [-0.1, -0.05) is 6.08 Å². The average Bonchev–Trinajstić information content (AvgIpc) is 2.99. The van der Waals surface area contributed by atoms with Crippen molar-refractivity contribution in [3.05, 3.63) is 11.6 Å². The summed E-state index contributed by atoms with van der Waals surface area (Å²) in [6.45, 7) is 4.35. The predicted molar refractivity (Wildman–Crippen MR) is 76.5 cm³/mol. The van der Waals surface area contributed by atoms with Crippen LogP contribution < -0.4 is 5.73 Å². The molecule has 0 amide bonds. The Hall–Kier alpha value is -0.460. The third-order valence-electron chi connectivity index (χ3n) is 4.66. The largest absolute Gasteiger partial charge is 0.387 e. The number of likely N-dealkylation sites (tertiary alicyclic amines) is 1. The normalized spacial score (nSPS) is 34.4. The smallest absolute Gasteiger partial charge is 0.0914 e. The van der Waals surface area contributed by atoms with E-state index in [0.717, 1.165) is 38.0 Å². The third kappa shape index (κ3) is 3.23. The van der Waals surface area contributed by atoms with Gasteiger partial charge in [-0.05, 0) is 44.3 Å². The molecule has 114 valence electrons. The lowest BCUT2D eigenvalue weighted by Gasteiger charge is -2.37. The molecule has 3 aliphatic rings. The zero-order valence-corrected chi connectivity index (χ0v) is 12.0. The van der Waals surface area contributed by atoms with Crippen molar-refractivity contribution in [1.82, 2.24) is 4.90 Å². The van der Waals surface area contributed by atoms with Gasteiger partial charge in [-0.2, -0.15) is 0 Å². The molecule has 1 aliphatic carbocycles. The van der Waals surface area contributed by atoms with E-state index in [2.05, 4.69) is 11.0 Å². The van der Waals surface area contributed by atoms with Crippen LogP contribution in [0, 0.1) is 0 Å². The fourth-order valence-electron chi connectivity index (χ4n) is 3.49. The molecule has 3 rings (SSSR count). The van der Waals surface area contributed by atoms with Crippen LogP contribution in [0.2, 0.25) is 0 Å². The van der Waals surface area contributed by atoms with Gasteiger partial charge in [0.15, 0.2) is 0 Å². The molecule has 3 N–H and O–H groups in total. The second-order valence-electron chi connectivity index (χ2n) is 6.15. The van der Waals surface area contributed by atoms with Crippen LogP contribution in [-0.2, 0) is 9.47 Å². The molecule has 0 aromatic carbocycles. The van der Waals surface area contributed by atoms with E-state index in [1.54, 1.807) is 0 Å². The van der Waals surface area contributed by atoms with E-state index in [-0.39, 0.29) is 18.2 Å². The first-order chi connectivity index (χ1) is 9.74. The number of ether oxygens (including phenoxy) is 2. The molecular weight excluding hydrogens is 256 g/mol. The highest BCUT2D eigenvalue weighted by Gasteiger charge is 2.33. The van der Waals surface area contributed by atoms with Crippen molar-refractivity contribution in [2.75, 3.05) is 32.8 Å². The fourth-order valence-corrected chi connectivity index (χ4v) is 3.49. The predicted octanol–water partition coefficient (Wildman–Crippen LogP) is 0.275. The maximum Gasteiger partial charge on any atom is 0.0914 e. The lowest BCUT2D eigenvalue weighted by Crippen LogP contribution is -2.47. The van der Waals surface area contributed by atoms with E-state index in [1.165, 1.54) is 12.8 Å². The summed E-state index contributed by atoms with van der Waals surface area (Å²) in [5.74, 6) is 0. The number of hydrogen-bond donors (Lipinski definition) is 2. The number of aliphatic hydroxyl groups excluding tert-OH is 1. The first kappa shape index (κ1) is 14.5. The van der Waals surface area contributed by atoms with Gasteiger partial charge in [-0.25, -0.2) is 0 Å². The zero-order valence-electron chi connectivity index (χ0n) is 12.0. The summed E-state index contributed by atoms with van der Waals surface area (Å²) in [6.07, 6.45) is 5.88. The van der Waals surface area contributed by atoms with Crippen molar-refractivity contribution in [3.8, 4) is 0 Å². The van der Waals surface area contributed by atoms with E-state index < -0.39 is 6.10 Å². The van der Waals surface area contributed by atoms with E-state index in [9.17, 15) is 5.11 Å². The number of nitrogens with zero attached hydrogens (tertiary/aromatic N) is 1. The molecule has 5 nitrogen and oxygen atoms in total. The van der Waals surface area contributed by atoms with Crippen LogP contribution in [0.15, 0.2) is 11.6 Å². The van der Waals surface area contributed by atoms with E-state index >= 15 is 0 Å². The second kappa shape index (κ2) is 6.54. The standard InChI is InChI=1S/C15H26N2O3/c16-12(10-17-5-1-2-6-17)15(18)11-3-4-13-14(9-11)20-8-7-19-13/h3,12-15,18H,1-2,4-10,16H2/t12-,13?,14?,15-/m1/s1. The molecule has 0 aromatic rings. The maximum absolute atomic E-state index is 10.5. The molecule has 2 saturated heterocycles. The van der Waals surface area contributed by atoms with Crippen molar-refractivity contribution in [2.45, 2.75) is 50.0 Å². The summed E-state index contributed by atoms with van der Waals surface area (Å²) in [4.78, 5) is 2.35. The Morgan fingerprint density at radius 3 is 2.70 bits per heavy atom. The SMILES string of the molecule is N[C@H](CN1CCCC1)[C@H](O)C1=CCC2OCCOC2C1. The second-order valence-corrected chi connectivity index (χ2v) is 6.15. The summed E-state index contributed by atoms with van der Waals surface area (Å²) in [6, 6.07) is -0.208. The first-order valence-electron chi connectivity index (χ1n) is 7.82. The molecule has 0 bridgehead atoms. The summed E-state index contributed by atoms with van der Waals surface area (Å²) in [7, 11) is 0. The minimum absolute atomic E-state index is 0.0948. The van der Waals surface area contributed by atoms with Gasteiger partial charge in [0.2, 0.25) is 0 Å². The van der Waals surface area contributed by atoms with Crippen molar-refractivity contribution in [3.63, 3.8) is 0 Å². The van der Waals surface area contributed by atoms with Crippen LogP contribution in [0.1, 0.15) is 25.7 Å². The quantitative estimate of drug-likeness (QED) is 0.725. The summed E-state index contributed by atoms with van der Waals surface area (Å²) < 4.78 is 11.4. The number of fused-ring (bicyclic) bond motifs is 1. The Balaban J connectivity index is 1.55. The van der Waals surface area contributed by atoms with Crippen LogP contribution >= 0.6 is 0 Å². The molecule has 0 spiro atoms. The summed E-state index contributed by atoms with van der Waals surface area (Å²) in [5, 5.41) is 10.5. The van der Waals surface area contributed by atoms with Crippen molar-refractivity contribution in [1.29, 1.82) is 0 Å². The molecule has 4 atom stereocenters. The van der Waals surface area contributed by atoms with Gasteiger partial charge in [-0.15, -0.1) is 0 Å². The molecule has 0 radical (unpaired) electrons. The fraction of sp³-hybridized carbons (Fsp3) is 0.867. The van der Waals surface area contributed by atoms with E-state index in [4.69, 9.17) is 15.2 Å². The van der Waals surface area contributed by atoms with Gasteiger partial charge < -0.3 is 25.2 Å². The van der Waals surface area contributed by atoms with Crippen LogP contribution in [0.25, 0.3) is 0 Å². The number of rotatable bonds is 4. The topological polar surface area (TPSA) is 68.0 Å². The van der Waals surface area contributed by atoms with E-state index in [1.807, 2.05) is 0 Å². The zero-order chi connectivity index (χ0) is 13.9. The van der Waals surface area contributed by atoms with Gasteiger partial charge in [0.05, 0.1) is 31.5 Å². The molecule has 0 aromatic heterocycles. The number of aliphatic hydroxyl groups is 1. The molecule has 0 saturated carbocycles. The van der Waals surface area contributed by atoms with Crippen LogP contribution in [-0.4, -0.2) is 67.2 Å². The minimum Gasteiger partial charge on any atom is -0.387 e. The van der Waals surface area contributed by atoms with Gasteiger partial charge in [0, 0.05) is 12.6 Å². The minimum atomic E-state index is -0.554. The lowest BCUT2D eigenvalue weighted by atomic mass is 9.88. The molecule has 2 unspecified atom stereocenters. The highest BCUT2D eigenvalue weighted by molar-refractivity contribution is 5.17. The Morgan fingerprint density at radius 2 is 1.95 bits per heavy atom. The molecule has 2 heterocycles. The molecular formula is C15H26N2O3. The Kier molecular flexibility index (Phi) is 4.73. The summed E-state index contributed by atoms with van der Waals surface area (Å²) in [5.41, 5.74) is 7.22. The van der Waals surface area contributed by atoms with Gasteiger partial charge in [0.1, 0.15) is 0 Å². The Labute approximate surface area is 120 Å². The van der Waals surface area contributed by atoms with Crippen molar-refractivity contribution in [2.24, 2.45) is 5.73 Å². The van der Waals surface area contributed by atoms with Gasteiger partial charge in [-0.3, -0.25) is 0 Å². The third-order valence-corrected chi connectivity index (χ3v) is 4.66. The summed E-state index contributed by atoms with van der Waals surface area (Å²) >= 11 is 0. The van der Waals surface area contributed by atoms with Crippen molar-refractivity contribution >= 4 is 0 Å². The molecule has 2 fully saturated rings. The lowest BCUT2D eigenvalue weighted by molar-refractivity contribution is -0.141. The molecule has 2 aliphatic heterocycles. The van der Waals surface area contributed by atoms with Gasteiger partial charge >= 0.3 is 0 Å². The van der Waals surface area contributed by atoms with Crippen LogP contribution in [0.3, 0.4) is 0 Å². The highest BCUT2D eigenvalue weighted by Crippen LogP contribution is 2.28. The Morgan fingerprint density at radius 1 is 1.25 bits per heavy atom. The monoisotopic (exact) mass is 282 g/mol. The van der Waals surface area contributed by atoms with Crippen LogP contribution in [0.5, 0.6) is 0 Å². The molecule has 5 heteroatoms. The van der Waals surface area contributed by atoms with E-state index in [0.29, 0.717) is 13.2 Å². The van der Waals surface area contributed by atoms with Crippen molar-refractivity contribution < 1.29 is 14.6 Å². The van der Waals surface area contributed by atoms with Crippen LogP contribution in [0.4, 0.5) is 0 Å². The number of nitrogens with two attached hydrogens (primary N) is 1. The Bertz CT molecular complexity index is 355. The highest BCUT2D eigenvalue weighted by atomic mass is 16.6. The first-order valence-corrected chi connectivity index (χ1v) is 7.82.